The minimum atomic E-state index is -0.316. The molecule has 1 atom stereocenters. The maximum absolute atomic E-state index is 6.73. The highest BCUT2D eigenvalue weighted by Crippen LogP contribution is 2.49. The molecule has 0 radical (unpaired) electrons. The van der Waals surface area contributed by atoms with E-state index >= 15 is 0 Å². The Bertz CT molecular complexity index is 1130. The van der Waals surface area contributed by atoms with Crippen molar-refractivity contribution in [3.8, 4) is 16.9 Å². The van der Waals surface area contributed by atoms with Crippen LogP contribution in [0.4, 0.5) is 0 Å². The molecule has 0 aliphatic carbocycles. The number of rotatable bonds is 3. The van der Waals surface area contributed by atoms with Gasteiger partial charge in [0.1, 0.15) is 5.75 Å². The number of ether oxygens (including phenoxy) is 1. The van der Waals surface area contributed by atoms with Crippen molar-refractivity contribution in [2.24, 2.45) is 5.10 Å². The van der Waals surface area contributed by atoms with E-state index in [9.17, 15) is 0 Å². The van der Waals surface area contributed by atoms with Crippen LogP contribution in [0.5, 0.6) is 5.75 Å². The van der Waals surface area contributed by atoms with Crippen molar-refractivity contribution in [2.45, 2.75) is 38.0 Å². The lowest BCUT2D eigenvalue weighted by atomic mass is 9.90. The largest absolute Gasteiger partial charge is 0.466 e. The Hall–Kier alpha value is -3.11. The average molecular weight is 425 g/mol. The van der Waals surface area contributed by atoms with Gasteiger partial charge in [0.05, 0.1) is 44.2 Å². The number of likely N-dealkylation sites (tertiary alicyclic amines) is 1. The Morgan fingerprint density at radius 1 is 0.875 bits per heavy atom. The van der Waals surface area contributed by atoms with Crippen molar-refractivity contribution in [2.75, 3.05) is 19.6 Å². The Labute approximate surface area is 190 Å². The lowest BCUT2D eigenvalue weighted by Crippen LogP contribution is -3.13. The first kappa shape index (κ1) is 19.6. The predicted octanol–water partition coefficient (Wildman–Crippen LogP) is 4.29. The number of para-hydroxylation sites is 1. The molecule has 162 valence electrons. The van der Waals surface area contributed by atoms with Gasteiger partial charge in [0.2, 0.25) is 5.72 Å². The second-order valence-corrected chi connectivity index (χ2v) is 9.24. The summed E-state index contributed by atoms with van der Waals surface area (Å²) in [5.41, 5.74) is 5.82. The minimum absolute atomic E-state index is 0.256. The van der Waals surface area contributed by atoms with Gasteiger partial charge < -0.3 is 9.64 Å². The number of benzene rings is 3. The molecule has 4 heteroatoms. The molecular formula is C28H30N3O+. The first-order valence-corrected chi connectivity index (χ1v) is 11.9. The highest BCUT2D eigenvalue weighted by atomic mass is 16.5. The molecular weight excluding hydrogens is 394 g/mol. The molecule has 3 aliphatic rings. The fourth-order valence-corrected chi connectivity index (χ4v) is 5.57. The summed E-state index contributed by atoms with van der Waals surface area (Å²) in [7, 11) is 0. The molecule has 1 saturated heterocycles. The zero-order valence-electron chi connectivity index (χ0n) is 18.6. The van der Waals surface area contributed by atoms with E-state index in [4.69, 9.17) is 9.84 Å². The van der Waals surface area contributed by atoms with E-state index in [0.717, 1.165) is 38.1 Å². The van der Waals surface area contributed by atoms with Crippen LogP contribution in [-0.2, 0) is 0 Å². The quantitative estimate of drug-likeness (QED) is 0.680. The van der Waals surface area contributed by atoms with Crippen molar-refractivity contribution >= 4 is 5.71 Å². The molecule has 0 aromatic heterocycles. The van der Waals surface area contributed by atoms with Crippen LogP contribution in [0.3, 0.4) is 0 Å². The molecule has 0 unspecified atom stereocenters. The van der Waals surface area contributed by atoms with Crippen LogP contribution >= 0.6 is 0 Å². The number of hydrazone groups is 1. The summed E-state index contributed by atoms with van der Waals surface area (Å²) in [6.45, 7) is 5.73. The van der Waals surface area contributed by atoms with E-state index in [1.807, 2.05) is 0 Å². The molecule has 3 aliphatic heterocycles. The summed E-state index contributed by atoms with van der Waals surface area (Å²) in [4.78, 5) is 1.66. The summed E-state index contributed by atoms with van der Waals surface area (Å²) in [6.07, 6.45) is 2.96. The first-order valence-electron chi connectivity index (χ1n) is 11.9. The van der Waals surface area contributed by atoms with Crippen molar-refractivity contribution in [1.29, 1.82) is 0 Å². The van der Waals surface area contributed by atoms with E-state index in [2.05, 4.69) is 90.8 Å². The second-order valence-electron chi connectivity index (χ2n) is 9.24. The predicted molar refractivity (Wildman–Crippen MR) is 128 cm³/mol. The van der Waals surface area contributed by atoms with Gasteiger partial charge in [-0.1, -0.05) is 72.8 Å². The Balaban J connectivity index is 1.34. The Morgan fingerprint density at radius 2 is 1.53 bits per heavy atom. The van der Waals surface area contributed by atoms with Crippen LogP contribution in [0.1, 0.15) is 43.4 Å². The molecule has 4 nitrogen and oxygen atoms in total. The summed E-state index contributed by atoms with van der Waals surface area (Å²) >= 11 is 0. The fraction of sp³-hybridized carbons (Fsp3) is 0.321. The van der Waals surface area contributed by atoms with Crippen LogP contribution in [-0.4, -0.2) is 36.1 Å². The number of quaternary nitrogens is 1. The number of nitrogens with zero attached hydrogens (tertiary/aromatic N) is 2. The lowest BCUT2D eigenvalue weighted by Gasteiger charge is -2.50. The number of piperidine rings is 1. The monoisotopic (exact) mass is 424 g/mol. The fourth-order valence-electron chi connectivity index (χ4n) is 5.57. The molecule has 1 N–H and O–H groups in total. The van der Waals surface area contributed by atoms with Gasteiger partial charge in [-0.05, 0) is 29.7 Å². The van der Waals surface area contributed by atoms with Crippen LogP contribution in [0.25, 0.3) is 11.1 Å². The smallest absolute Gasteiger partial charge is 0.208 e. The van der Waals surface area contributed by atoms with Gasteiger partial charge in [-0.2, -0.15) is 5.10 Å². The average Bonchev–Trinajstić information content (AvgIpc) is 3.32. The van der Waals surface area contributed by atoms with Gasteiger partial charge in [0.25, 0.3) is 0 Å². The lowest BCUT2D eigenvalue weighted by molar-refractivity contribution is -0.906. The highest BCUT2D eigenvalue weighted by molar-refractivity contribution is 6.02. The third-order valence-corrected chi connectivity index (χ3v) is 7.47. The maximum Gasteiger partial charge on any atom is 0.208 e. The Kier molecular flexibility index (Phi) is 4.76. The summed E-state index contributed by atoms with van der Waals surface area (Å²) in [5.74, 6) is 1.05. The SMILES string of the molecule is CC[NH+]1CCC2(CC1)Oc1ccccc1[C@H]1CC(c3ccc(-c4ccccc4)cc3)=NN12. The summed E-state index contributed by atoms with van der Waals surface area (Å²) in [5, 5.41) is 7.55. The summed E-state index contributed by atoms with van der Waals surface area (Å²) < 4.78 is 6.73. The normalized spacial score (nSPS) is 26.3. The van der Waals surface area contributed by atoms with Crippen LogP contribution in [0.2, 0.25) is 0 Å². The molecule has 1 spiro atoms. The molecule has 0 saturated carbocycles. The van der Waals surface area contributed by atoms with Gasteiger partial charge in [-0.25, -0.2) is 5.01 Å². The Morgan fingerprint density at radius 3 is 2.28 bits per heavy atom. The van der Waals surface area contributed by atoms with E-state index < -0.39 is 0 Å². The van der Waals surface area contributed by atoms with Gasteiger partial charge in [0, 0.05) is 12.0 Å². The van der Waals surface area contributed by atoms with Crippen molar-refractivity contribution in [1.82, 2.24) is 5.01 Å². The van der Waals surface area contributed by atoms with Crippen LogP contribution in [0, 0.1) is 0 Å². The molecule has 0 amide bonds. The zero-order valence-corrected chi connectivity index (χ0v) is 18.6. The summed E-state index contributed by atoms with van der Waals surface area (Å²) in [6, 6.07) is 28.3. The molecule has 3 heterocycles. The standard InChI is InChI=1S/C28H29N3O/c1-2-30-18-16-28(17-19-30)31-26(24-10-6-7-11-27(24)32-28)20-25(29-31)23-14-12-22(13-15-23)21-8-4-3-5-9-21/h3-15,26H,2,16-20H2,1H3/p+1/t26-/m1/s1. The van der Waals surface area contributed by atoms with E-state index in [1.54, 1.807) is 4.90 Å². The maximum atomic E-state index is 6.73. The second kappa shape index (κ2) is 7.79. The molecule has 32 heavy (non-hydrogen) atoms. The van der Waals surface area contributed by atoms with Crippen LogP contribution < -0.4 is 9.64 Å². The van der Waals surface area contributed by atoms with E-state index in [0.29, 0.717) is 0 Å². The highest BCUT2D eigenvalue weighted by Gasteiger charge is 2.52. The number of hydrogen-bond acceptors (Lipinski definition) is 3. The molecule has 3 aromatic carbocycles. The molecule has 6 rings (SSSR count). The molecule has 3 aromatic rings. The van der Waals surface area contributed by atoms with Crippen LogP contribution in [0.15, 0.2) is 84.0 Å². The topological polar surface area (TPSA) is 29.3 Å². The number of fused-ring (bicyclic) bond motifs is 4. The van der Waals surface area contributed by atoms with Gasteiger partial charge >= 0.3 is 0 Å². The van der Waals surface area contributed by atoms with Crippen molar-refractivity contribution < 1.29 is 9.64 Å². The number of nitrogens with one attached hydrogen (secondary N) is 1. The van der Waals surface area contributed by atoms with Crippen molar-refractivity contribution in [3.05, 3.63) is 90.0 Å². The molecule has 1 fully saturated rings. The van der Waals surface area contributed by atoms with Gasteiger partial charge in [-0.15, -0.1) is 0 Å². The third kappa shape index (κ3) is 3.21. The van der Waals surface area contributed by atoms with Gasteiger partial charge in [-0.3, -0.25) is 0 Å². The minimum Gasteiger partial charge on any atom is -0.466 e. The molecule has 0 bridgehead atoms. The van der Waals surface area contributed by atoms with Gasteiger partial charge in [0.15, 0.2) is 0 Å². The zero-order chi connectivity index (χ0) is 21.5. The first-order chi connectivity index (χ1) is 15.8. The number of hydrogen-bond donors (Lipinski definition) is 1. The third-order valence-electron chi connectivity index (χ3n) is 7.47. The van der Waals surface area contributed by atoms with E-state index in [-0.39, 0.29) is 11.8 Å². The van der Waals surface area contributed by atoms with Crippen molar-refractivity contribution in [3.63, 3.8) is 0 Å². The van der Waals surface area contributed by atoms with E-state index in [1.165, 1.54) is 34.5 Å².